The number of benzene rings is 1. The van der Waals surface area contributed by atoms with Gasteiger partial charge < -0.3 is 4.74 Å². The fourth-order valence-electron chi connectivity index (χ4n) is 3.62. The van der Waals surface area contributed by atoms with Crippen LogP contribution in [-0.4, -0.2) is 7.11 Å². The highest BCUT2D eigenvalue weighted by Gasteiger charge is 2.54. The van der Waals surface area contributed by atoms with Crippen molar-refractivity contribution in [1.29, 1.82) is 0 Å². The summed E-state index contributed by atoms with van der Waals surface area (Å²) in [5, 5.41) is -0.556. The minimum absolute atomic E-state index is 0.0156. The standard InChI is InChI=1S/C15H17ClF2O/c1-19-8-6-11(17)14(12(18)7-8)15(16)13-9-4-2-3-5-10(9)13/h6-7,9-10,13,15H,2-5H2,1H3. The van der Waals surface area contributed by atoms with Crippen LogP contribution in [0.4, 0.5) is 8.78 Å². The van der Waals surface area contributed by atoms with Gasteiger partial charge in [0.2, 0.25) is 0 Å². The van der Waals surface area contributed by atoms with Gasteiger partial charge in [0.1, 0.15) is 17.4 Å². The van der Waals surface area contributed by atoms with Gasteiger partial charge in [-0.2, -0.15) is 0 Å². The second kappa shape index (κ2) is 4.93. The van der Waals surface area contributed by atoms with Gasteiger partial charge in [-0.05, 0) is 30.6 Å². The Balaban J connectivity index is 1.86. The minimum Gasteiger partial charge on any atom is -0.497 e. The summed E-state index contributed by atoms with van der Waals surface area (Å²) in [6, 6.07) is 2.42. The zero-order valence-electron chi connectivity index (χ0n) is 10.8. The van der Waals surface area contributed by atoms with Crippen molar-refractivity contribution in [3.8, 4) is 5.75 Å². The summed E-state index contributed by atoms with van der Waals surface area (Å²) in [7, 11) is 1.39. The molecule has 1 aromatic carbocycles. The van der Waals surface area contributed by atoms with Crippen LogP contribution < -0.4 is 4.74 Å². The third-order valence-corrected chi connectivity index (χ3v) is 5.13. The molecule has 104 valence electrons. The second-order valence-corrected chi connectivity index (χ2v) is 6.07. The van der Waals surface area contributed by atoms with Gasteiger partial charge in [-0.1, -0.05) is 12.8 Å². The Morgan fingerprint density at radius 2 is 1.68 bits per heavy atom. The van der Waals surface area contributed by atoms with Gasteiger partial charge in [-0.3, -0.25) is 0 Å². The summed E-state index contributed by atoms with van der Waals surface area (Å²) in [6.07, 6.45) is 4.74. The lowest BCUT2D eigenvalue weighted by Gasteiger charge is -2.13. The van der Waals surface area contributed by atoms with Crippen LogP contribution in [-0.2, 0) is 0 Å². The first-order valence-electron chi connectivity index (χ1n) is 6.80. The molecule has 0 radical (unpaired) electrons. The lowest BCUT2D eigenvalue weighted by molar-refractivity contribution is 0.404. The van der Waals surface area contributed by atoms with Crippen LogP contribution >= 0.6 is 11.6 Å². The number of hydrogen-bond donors (Lipinski definition) is 0. The predicted molar refractivity (Wildman–Crippen MR) is 70.4 cm³/mol. The fraction of sp³-hybridized carbons (Fsp3) is 0.600. The second-order valence-electron chi connectivity index (χ2n) is 5.60. The highest BCUT2D eigenvalue weighted by atomic mass is 35.5. The van der Waals surface area contributed by atoms with Crippen LogP contribution in [0.3, 0.4) is 0 Å². The smallest absolute Gasteiger partial charge is 0.134 e. The minimum atomic E-state index is -0.597. The maximum absolute atomic E-state index is 14.0. The van der Waals surface area contributed by atoms with Gasteiger partial charge >= 0.3 is 0 Å². The predicted octanol–water partition coefficient (Wildman–Crippen LogP) is 4.69. The molecule has 2 saturated carbocycles. The lowest BCUT2D eigenvalue weighted by Crippen LogP contribution is -2.04. The summed E-state index contributed by atoms with van der Waals surface area (Å²) in [5.41, 5.74) is 0.0156. The maximum Gasteiger partial charge on any atom is 0.134 e. The molecule has 0 aliphatic heterocycles. The first-order chi connectivity index (χ1) is 9.13. The zero-order valence-corrected chi connectivity index (χ0v) is 11.6. The van der Waals surface area contributed by atoms with Gasteiger partial charge in [0.25, 0.3) is 0 Å². The average Bonchev–Trinajstić information content (AvgIpc) is 3.11. The van der Waals surface area contributed by atoms with Crippen molar-refractivity contribution in [2.24, 2.45) is 17.8 Å². The highest BCUT2D eigenvalue weighted by molar-refractivity contribution is 6.21. The van der Waals surface area contributed by atoms with E-state index in [2.05, 4.69) is 0 Å². The molecule has 2 aliphatic carbocycles. The van der Waals surface area contributed by atoms with Crippen LogP contribution in [0, 0.1) is 29.4 Å². The number of alkyl halides is 1. The average molecular weight is 287 g/mol. The third kappa shape index (κ3) is 2.22. The van der Waals surface area contributed by atoms with Crippen molar-refractivity contribution in [3.63, 3.8) is 0 Å². The number of methoxy groups -OCH3 is 1. The Labute approximate surface area is 116 Å². The molecule has 0 heterocycles. The first kappa shape index (κ1) is 13.2. The van der Waals surface area contributed by atoms with Crippen molar-refractivity contribution in [2.45, 2.75) is 31.1 Å². The van der Waals surface area contributed by atoms with Crippen molar-refractivity contribution >= 4 is 11.6 Å². The van der Waals surface area contributed by atoms with Gasteiger partial charge in [0.05, 0.1) is 12.5 Å². The number of rotatable bonds is 3. The molecule has 2 aliphatic rings. The van der Waals surface area contributed by atoms with Crippen LogP contribution in [0.2, 0.25) is 0 Å². The van der Waals surface area contributed by atoms with Crippen molar-refractivity contribution in [1.82, 2.24) is 0 Å². The van der Waals surface area contributed by atoms with E-state index < -0.39 is 17.0 Å². The largest absolute Gasteiger partial charge is 0.497 e. The van der Waals surface area contributed by atoms with Crippen molar-refractivity contribution < 1.29 is 13.5 Å². The molecule has 3 unspecified atom stereocenters. The molecule has 4 heteroatoms. The maximum atomic E-state index is 14.0. The SMILES string of the molecule is COc1cc(F)c(C(Cl)C2C3CCCCC32)c(F)c1. The molecule has 0 N–H and O–H groups in total. The Bertz CT molecular complexity index is 456. The van der Waals surface area contributed by atoms with E-state index in [4.69, 9.17) is 16.3 Å². The summed E-state index contributed by atoms with van der Waals surface area (Å²) in [4.78, 5) is 0. The van der Waals surface area contributed by atoms with E-state index >= 15 is 0 Å². The Morgan fingerprint density at radius 1 is 1.16 bits per heavy atom. The molecule has 19 heavy (non-hydrogen) atoms. The summed E-state index contributed by atoms with van der Waals surface area (Å²) in [6.45, 7) is 0. The van der Waals surface area contributed by atoms with E-state index in [9.17, 15) is 8.78 Å². The van der Waals surface area contributed by atoms with Gasteiger partial charge in [-0.15, -0.1) is 11.6 Å². The summed E-state index contributed by atoms with van der Waals surface area (Å²) in [5.74, 6) is 0.368. The molecule has 0 bridgehead atoms. The Kier molecular flexibility index (Phi) is 3.42. The normalized spacial score (nSPS) is 30.6. The van der Waals surface area contributed by atoms with E-state index in [0.29, 0.717) is 11.8 Å². The molecule has 2 fully saturated rings. The van der Waals surface area contributed by atoms with E-state index in [1.54, 1.807) is 0 Å². The van der Waals surface area contributed by atoms with E-state index in [0.717, 1.165) is 12.8 Å². The first-order valence-corrected chi connectivity index (χ1v) is 7.24. The summed E-state index contributed by atoms with van der Waals surface area (Å²) >= 11 is 6.36. The molecule has 1 nitrogen and oxygen atoms in total. The van der Waals surface area contributed by atoms with E-state index in [1.807, 2.05) is 0 Å². The van der Waals surface area contributed by atoms with E-state index in [-0.39, 0.29) is 17.2 Å². The topological polar surface area (TPSA) is 9.23 Å². The molecule has 0 saturated heterocycles. The quantitative estimate of drug-likeness (QED) is 0.733. The van der Waals surface area contributed by atoms with E-state index in [1.165, 1.54) is 32.1 Å². The van der Waals surface area contributed by atoms with Gasteiger partial charge in [0, 0.05) is 17.7 Å². The molecular formula is C15H17ClF2O. The monoisotopic (exact) mass is 286 g/mol. The van der Waals surface area contributed by atoms with Gasteiger partial charge in [0.15, 0.2) is 0 Å². The Morgan fingerprint density at radius 3 is 2.16 bits per heavy atom. The van der Waals surface area contributed by atoms with Crippen molar-refractivity contribution in [3.05, 3.63) is 29.3 Å². The zero-order chi connectivity index (χ0) is 13.6. The molecule has 0 aromatic heterocycles. The molecule has 1 aromatic rings. The summed E-state index contributed by atoms with van der Waals surface area (Å²) < 4.78 is 32.9. The van der Waals surface area contributed by atoms with Crippen LogP contribution in [0.1, 0.15) is 36.6 Å². The number of ether oxygens (including phenoxy) is 1. The van der Waals surface area contributed by atoms with Crippen molar-refractivity contribution in [2.75, 3.05) is 7.11 Å². The van der Waals surface area contributed by atoms with Crippen LogP contribution in [0.15, 0.2) is 12.1 Å². The number of hydrogen-bond acceptors (Lipinski definition) is 1. The van der Waals surface area contributed by atoms with Crippen LogP contribution in [0.5, 0.6) is 5.75 Å². The molecular weight excluding hydrogens is 270 g/mol. The Hall–Kier alpha value is -0.830. The highest BCUT2D eigenvalue weighted by Crippen LogP contribution is 2.62. The molecule has 0 spiro atoms. The van der Waals surface area contributed by atoms with Gasteiger partial charge in [-0.25, -0.2) is 8.78 Å². The molecule has 3 atom stereocenters. The molecule has 0 amide bonds. The lowest BCUT2D eigenvalue weighted by atomic mass is 10.0. The third-order valence-electron chi connectivity index (χ3n) is 4.62. The van der Waals surface area contributed by atoms with Crippen LogP contribution in [0.25, 0.3) is 0 Å². The number of fused-ring (bicyclic) bond motifs is 1. The molecule has 3 rings (SSSR count). The number of halogens is 3. The fourth-order valence-corrected chi connectivity index (χ4v) is 4.20.